The monoisotopic (exact) mass is 228 g/mol. The summed E-state index contributed by atoms with van der Waals surface area (Å²) in [6.07, 6.45) is 0. The molecular formula is C9H6ClFN2O2. The molecule has 0 fully saturated rings. The largest absolute Gasteiger partial charge is 0.388 e. The van der Waals surface area contributed by atoms with Gasteiger partial charge in [0, 0.05) is 5.02 Å². The van der Waals surface area contributed by atoms with E-state index in [2.05, 4.69) is 10.1 Å². The molecule has 0 unspecified atom stereocenters. The van der Waals surface area contributed by atoms with Gasteiger partial charge in [-0.05, 0) is 18.2 Å². The first kappa shape index (κ1) is 10.1. The average molecular weight is 229 g/mol. The molecule has 0 radical (unpaired) electrons. The van der Waals surface area contributed by atoms with Crippen LogP contribution in [0, 0.1) is 5.82 Å². The molecule has 78 valence electrons. The topological polar surface area (TPSA) is 59.2 Å². The fraction of sp³-hybridized carbons (Fsp3) is 0.111. The van der Waals surface area contributed by atoms with Gasteiger partial charge in [0.05, 0.1) is 5.56 Å². The van der Waals surface area contributed by atoms with Crippen molar-refractivity contribution in [2.75, 3.05) is 0 Å². The fourth-order valence-corrected chi connectivity index (χ4v) is 1.25. The predicted molar refractivity (Wildman–Crippen MR) is 50.6 cm³/mol. The second-order valence-corrected chi connectivity index (χ2v) is 3.23. The molecule has 0 saturated heterocycles. The van der Waals surface area contributed by atoms with E-state index in [0.29, 0.717) is 0 Å². The molecule has 0 bridgehead atoms. The molecule has 6 heteroatoms. The quantitative estimate of drug-likeness (QED) is 0.854. The zero-order valence-electron chi connectivity index (χ0n) is 7.44. The molecule has 1 aromatic carbocycles. The molecule has 1 heterocycles. The number of rotatable bonds is 2. The highest BCUT2D eigenvalue weighted by Crippen LogP contribution is 2.23. The second-order valence-electron chi connectivity index (χ2n) is 2.80. The van der Waals surface area contributed by atoms with Gasteiger partial charge in [-0.25, -0.2) is 4.39 Å². The number of hydrogen-bond acceptors (Lipinski definition) is 4. The Kier molecular flexibility index (Phi) is 2.66. The summed E-state index contributed by atoms with van der Waals surface area (Å²) < 4.78 is 18.1. The highest BCUT2D eigenvalue weighted by molar-refractivity contribution is 6.30. The van der Waals surface area contributed by atoms with Gasteiger partial charge in [0.15, 0.2) is 5.82 Å². The maximum atomic E-state index is 13.4. The Morgan fingerprint density at radius 2 is 2.27 bits per heavy atom. The minimum Gasteiger partial charge on any atom is -0.388 e. The van der Waals surface area contributed by atoms with E-state index in [4.69, 9.17) is 21.2 Å². The maximum absolute atomic E-state index is 13.4. The molecule has 2 aromatic rings. The SMILES string of the molecule is OCc1noc(-c2ccc(Cl)cc2F)n1. The van der Waals surface area contributed by atoms with Gasteiger partial charge in [0.2, 0.25) is 0 Å². The molecule has 0 saturated carbocycles. The number of halogens is 2. The van der Waals surface area contributed by atoms with Gasteiger partial charge in [-0.3, -0.25) is 0 Å². The first-order chi connectivity index (χ1) is 7.20. The lowest BCUT2D eigenvalue weighted by Gasteiger charge is -1.96. The molecule has 0 aliphatic carbocycles. The number of aliphatic hydroxyl groups is 1. The van der Waals surface area contributed by atoms with Crippen LogP contribution >= 0.6 is 11.6 Å². The summed E-state index contributed by atoms with van der Waals surface area (Å²) in [5.74, 6) is -0.414. The Morgan fingerprint density at radius 1 is 1.47 bits per heavy atom. The fourth-order valence-electron chi connectivity index (χ4n) is 1.09. The minimum absolute atomic E-state index is 0.0215. The van der Waals surface area contributed by atoms with Crippen LogP contribution in [0.1, 0.15) is 5.82 Å². The lowest BCUT2D eigenvalue weighted by Crippen LogP contribution is -1.87. The normalized spacial score (nSPS) is 10.6. The summed E-state index contributed by atoms with van der Waals surface area (Å²) in [6.45, 7) is -0.349. The van der Waals surface area contributed by atoms with Crippen LogP contribution in [-0.4, -0.2) is 15.2 Å². The molecule has 15 heavy (non-hydrogen) atoms. The third-order valence-electron chi connectivity index (χ3n) is 1.77. The molecule has 0 spiro atoms. The van der Waals surface area contributed by atoms with Crippen molar-refractivity contribution in [1.82, 2.24) is 10.1 Å². The highest BCUT2D eigenvalue weighted by Gasteiger charge is 2.12. The summed E-state index contributed by atoms with van der Waals surface area (Å²) in [4.78, 5) is 3.78. The van der Waals surface area contributed by atoms with E-state index in [1.807, 2.05) is 0 Å². The van der Waals surface area contributed by atoms with E-state index in [1.165, 1.54) is 12.1 Å². The summed E-state index contributed by atoms with van der Waals surface area (Å²) in [5, 5.41) is 12.4. The summed E-state index contributed by atoms with van der Waals surface area (Å²) in [7, 11) is 0. The van der Waals surface area contributed by atoms with E-state index < -0.39 is 5.82 Å². The first-order valence-electron chi connectivity index (χ1n) is 4.09. The third kappa shape index (κ3) is 1.98. The predicted octanol–water partition coefficient (Wildman–Crippen LogP) is 2.02. The lowest BCUT2D eigenvalue weighted by molar-refractivity contribution is 0.264. The number of nitrogens with zero attached hydrogens (tertiary/aromatic N) is 2. The van der Waals surface area contributed by atoms with Crippen molar-refractivity contribution in [2.45, 2.75) is 6.61 Å². The van der Waals surface area contributed by atoms with Crippen molar-refractivity contribution >= 4 is 11.6 Å². The number of benzene rings is 1. The van der Waals surface area contributed by atoms with E-state index in [9.17, 15) is 4.39 Å². The summed E-state index contributed by atoms with van der Waals surface area (Å²) in [6, 6.07) is 4.11. The second kappa shape index (κ2) is 3.96. The van der Waals surface area contributed by atoms with Gasteiger partial charge in [-0.1, -0.05) is 16.8 Å². The molecule has 0 aliphatic rings. The molecule has 0 aliphatic heterocycles. The minimum atomic E-state index is -0.546. The Balaban J connectivity index is 2.44. The van der Waals surface area contributed by atoms with Crippen molar-refractivity contribution in [3.8, 4) is 11.5 Å². The molecule has 1 aromatic heterocycles. The molecule has 0 atom stereocenters. The Morgan fingerprint density at radius 3 is 2.87 bits per heavy atom. The van der Waals surface area contributed by atoms with Gasteiger partial charge >= 0.3 is 0 Å². The van der Waals surface area contributed by atoms with Gasteiger partial charge in [0.1, 0.15) is 12.4 Å². The van der Waals surface area contributed by atoms with Crippen molar-refractivity contribution in [2.24, 2.45) is 0 Å². The van der Waals surface area contributed by atoms with Crippen LogP contribution in [0.25, 0.3) is 11.5 Å². The van der Waals surface area contributed by atoms with Crippen LogP contribution in [0.2, 0.25) is 5.02 Å². The van der Waals surface area contributed by atoms with Crippen LogP contribution in [-0.2, 0) is 6.61 Å². The maximum Gasteiger partial charge on any atom is 0.260 e. The summed E-state index contributed by atoms with van der Waals surface area (Å²) in [5.41, 5.74) is 0.159. The molecule has 4 nitrogen and oxygen atoms in total. The van der Waals surface area contributed by atoms with Crippen LogP contribution in [0.4, 0.5) is 4.39 Å². The first-order valence-corrected chi connectivity index (χ1v) is 4.47. The van der Waals surface area contributed by atoms with Crippen LogP contribution in [0.3, 0.4) is 0 Å². The van der Waals surface area contributed by atoms with Gasteiger partial charge in [0.25, 0.3) is 5.89 Å². The lowest BCUT2D eigenvalue weighted by atomic mass is 10.2. The van der Waals surface area contributed by atoms with Gasteiger partial charge in [-0.2, -0.15) is 4.98 Å². The van der Waals surface area contributed by atoms with Crippen molar-refractivity contribution < 1.29 is 14.0 Å². The van der Waals surface area contributed by atoms with E-state index in [0.717, 1.165) is 6.07 Å². The zero-order valence-corrected chi connectivity index (χ0v) is 8.20. The van der Waals surface area contributed by atoms with E-state index in [-0.39, 0.29) is 28.9 Å². The Labute approximate surface area is 89.3 Å². The molecular weight excluding hydrogens is 223 g/mol. The molecule has 0 amide bonds. The van der Waals surface area contributed by atoms with Crippen molar-refractivity contribution in [1.29, 1.82) is 0 Å². The zero-order chi connectivity index (χ0) is 10.8. The summed E-state index contributed by atoms with van der Waals surface area (Å²) >= 11 is 5.59. The van der Waals surface area contributed by atoms with E-state index in [1.54, 1.807) is 0 Å². The van der Waals surface area contributed by atoms with Gasteiger partial charge in [-0.15, -0.1) is 0 Å². The number of hydrogen-bond donors (Lipinski definition) is 1. The number of aromatic nitrogens is 2. The average Bonchev–Trinajstić information content (AvgIpc) is 2.66. The van der Waals surface area contributed by atoms with Crippen LogP contribution in [0.5, 0.6) is 0 Å². The van der Waals surface area contributed by atoms with Crippen molar-refractivity contribution in [3.63, 3.8) is 0 Å². The third-order valence-corrected chi connectivity index (χ3v) is 2.01. The van der Waals surface area contributed by atoms with Crippen LogP contribution < -0.4 is 0 Å². The Bertz CT molecular complexity index is 487. The van der Waals surface area contributed by atoms with E-state index >= 15 is 0 Å². The van der Waals surface area contributed by atoms with Gasteiger partial charge < -0.3 is 9.63 Å². The Hall–Kier alpha value is -1.46. The van der Waals surface area contributed by atoms with Crippen molar-refractivity contribution in [3.05, 3.63) is 34.9 Å². The van der Waals surface area contributed by atoms with Crippen LogP contribution in [0.15, 0.2) is 22.7 Å². The molecule has 1 N–H and O–H groups in total. The number of aliphatic hydroxyl groups excluding tert-OH is 1. The molecule has 2 rings (SSSR count). The smallest absolute Gasteiger partial charge is 0.260 e. The standard InChI is InChI=1S/C9H6ClFN2O2/c10-5-1-2-6(7(11)3-5)9-12-8(4-14)13-15-9/h1-3,14H,4H2. The highest BCUT2D eigenvalue weighted by atomic mass is 35.5.